The molecule has 1 rings (SSSR count). The average molecular weight is 231 g/mol. The van der Waals surface area contributed by atoms with Crippen molar-refractivity contribution in [1.82, 2.24) is 4.98 Å². The van der Waals surface area contributed by atoms with Gasteiger partial charge in [-0.2, -0.15) is 0 Å². The predicted molar refractivity (Wildman–Crippen MR) is 50.8 cm³/mol. The fourth-order valence-corrected chi connectivity index (χ4v) is 1.47. The lowest BCUT2D eigenvalue weighted by atomic mass is 9.79. The highest BCUT2D eigenvalue weighted by Gasteiger charge is 2.39. The Hall–Kier alpha value is -1.56. The van der Waals surface area contributed by atoms with Crippen LogP contribution in [0.2, 0.25) is 0 Å². The lowest BCUT2D eigenvalue weighted by Gasteiger charge is -2.28. The second kappa shape index (κ2) is 4.13. The van der Waals surface area contributed by atoms with E-state index in [1.807, 2.05) is 0 Å². The quantitative estimate of drug-likeness (QED) is 0.816. The van der Waals surface area contributed by atoms with Gasteiger partial charge in [-0.25, -0.2) is 13.6 Å². The lowest BCUT2D eigenvalue weighted by Crippen LogP contribution is -2.41. The number of aliphatic hydroxyl groups excluding tert-OH is 1. The van der Waals surface area contributed by atoms with Gasteiger partial charge < -0.3 is 10.2 Å². The van der Waals surface area contributed by atoms with Gasteiger partial charge in [0, 0.05) is 11.0 Å². The molecule has 16 heavy (non-hydrogen) atoms. The molecular formula is C10H11F2NO3. The van der Waals surface area contributed by atoms with Crippen LogP contribution in [0.25, 0.3) is 0 Å². The molecule has 0 saturated heterocycles. The van der Waals surface area contributed by atoms with Crippen LogP contribution in [-0.4, -0.2) is 27.3 Å². The van der Waals surface area contributed by atoms with Gasteiger partial charge in [0.1, 0.15) is 11.6 Å². The summed E-state index contributed by atoms with van der Waals surface area (Å²) in [6.45, 7) is 2.49. The molecule has 2 N–H and O–H groups in total. The topological polar surface area (TPSA) is 70.4 Å². The summed E-state index contributed by atoms with van der Waals surface area (Å²) in [7, 11) is 0. The summed E-state index contributed by atoms with van der Waals surface area (Å²) in [5.41, 5.74) is -2.07. The maximum absolute atomic E-state index is 13.4. The van der Waals surface area contributed by atoms with Gasteiger partial charge in [0.2, 0.25) is 0 Å². The highest BCUT2D eigenvalue weighted by Crippen LogP contribution is 2.31. The minimum Gasteiger partial charge on any atom is -0.479 e. The number of halogens is 2. The van der Waals surface area contributed by atoms with Gasteiger partial charge in [-0.15, -0.1) is 0 Å². The summed E-state index contributed by atoms with van der Waals surface area (Å²) in [4.78, 5) is 13.9. The molecule has 88 valence electrons. The van der Waals surface area contributed by atoms with Gasteiger partial charge in [0.15, 0.2) is 6.10 Å². The highest BCUT2D eigenvalue weighted by molar-refractivity contribution is 5.74. The first-order valence-electron chi connectivity index (χ1n) is 4.48. The number of aromatic nitrogens is 1. The number of carbonyl (C=O) groups is 1. The summed E-state index contributed by atoms with van der Waals surface area (Å²) in [5.74, 6) is -3.50. The van der Waals surface area contributed by atoms with Crippen LogP contribution in [0.3, 0.4) is 0 Å². The van der Waals surface area contributed by atoms with Crippen molar-refractivity contribution in [3.05, 3.63) is 29.6 Å². The van der Waals surface area contributed by atoms with Crippen molar-refractivity contribution < 1.29 is 23.8 Å². The number of aliphatic carboxylic acids is 1. The van der Waals surface area contributed by atoms with E-state index in [0.717, 1.165) is 12.4 Å². The molecule has 1 unspecified atom stereocenters. The number of pyridine rings is 1. The van der Waals surface area contributed by atoms with Crippen molar-refractivity contribution in [3.63, 3.8) is 0 Å². The van der Waals surface area contributed by atoms with Crippen molar-refractivity contribution in [2.75, 3.05) is 0 Å². The van der Waals surface area contributed by atoms with E-state index in [2.05, 4.69) is 4.98 Å². The van der Waals surface area contributed by atoms with E-state index in [9.17, 15) is 18.7 Å². The largest absolute Gasteiger partial charge is 0.479 e. The molecule has 6 heteroatoms. The van der Waals surface area contributed by atoms with Crippen molar-refractivity contribution in [3.8, 4) is 0 Å². The first-order valence-corrected chi connectivity index (χ1v) is 4.48. The monoisotopic (exact) mass is 231 g/mol. The van der Waals surface area contributed by atoms with Crippen LogP contribution < -0.4 is 0 Å². The molecule has 0 aromatic carbocycles. The van der Waals surface area contributed by atoms with E-state index in [-0.39, 0.29) is 0 Å². The summed E-state index contributed by atoms with van der Waals surface area (Å²) in [5, 5.41) is 18.1. The van der Waals surface area contributed by atoms with E-state index in [4.69, 9.17) is 5.11 Å². The zero-order chi connectivity index (χ0) is 12.5. The van der Waals surface area contributed by atoms with Crippen LogP contribution in [0.15, 0.2) is 12.4 Å². The first-order chi connectivity index (χ1) is 7.28. The number of aliphatic hydroxyl groups is 1. The first kappa shape index (κ1) is 12.5. The highest BCUT2D eigenvalue weighted by atomic mass is 19.1. The van der Waals surface area contributed by atoms with E-state index in [0.29, 0.717) is 0 Å². The van der Waals surface area contributed by atoms with Crippen LogP contribution in [0.1, 0.15) is 19.4 Å². The molecule has 0 spiro atoms. The van der Waals surface area contributed by atoms with Crippen LogP contribution in [0, 0.1) is 11.6 Å². The molecule has 1 aromatic rings. The molecule has 0 aliphatic rings. The third-order valence-corrected chi connectivity index (χ3v) is 2.42. The van der Waals surface area contributed by atoms with Crippen molar-refractivity contribution in [2.24, 2.45) is 0 Å². The summed E-state index contributed by atoms with van der Waals surface area (Å²) < 4.78 is 26.7. The molecule has 4 nitrogen and oxygen atoms in total. The van der Waals surface area contributed by atoms with E-state index in [1.54, 1.807) is 0 Å². The Labute approximate surface area is 90.6 Å². The number of hydrogen-bond acceptors (Lipinski definition) is 3. The normalized spacial score (nSPS) is 13.6. The molecule has 0 fully saturated rings. The summed E-state index contributed by atoms with van der Waals surface area (Å²) in [6.07, 6.45) is -0.359. The predicted octanol–water partition coefficient (Wildman–Crippen LogP) is 1.08. The molecular weight excluding hydrogens is 220 g/mol. The van der Waals surface area contributed by atoms with Gasteiger partial charge >= 0.3 is 5.97 Å². The molecule has 0 bridgehead atoms. The molecule has 1 atom stereocenters. The Balaban J connectivity index is 3.31. The van der Waals surface area contributed by atoms with Crippen LogP contribution >= 0.6 is 0 Å². The van der Waals surface area contributed by atoms with Gasteiger partial charge in [-0.05, 0) is 0 Å². The van der Waals surface area contributed by atoms with E-state index < -0.39 is 34.7 Å². The zero-order valence-electron chi connectivity index (χ0n) is 8.74. The van der Waals surface area contributed by atoms with E-state index in [1.165, 1.54) is 13.8 Å². The molecule has 0 aliphatic heterocycles. The minimum atomic E-state index is -1.90. The molecule has 1 heterocycles. The number of carboxylic acids is 1. The Kier molecular flexibility index (Phi) is 3.23. The molecule has 0 aliphatic carbocycles. The van der Waals surface area contributed by atoms with E-state index >= 15 is 0 Å². The maximum atomic E-state index is 13.4. The third kappa shape index (κ3) is 2.01. The number of nitrogens with zero attached hydrogens (tertiary/aromatic N) is 1. The smallest absolute Gasteiger partial charge is 0.333 e. The Morgan fingerprint density at radius 3 is 2.19 bits per heavy atom. The number of carboxylic acid groups (broad SMARTS) is 1. The SMILES string of the molecule is CC(C)(c1c(F)cncc1F)C(O)C(=O)O. The van der Waals surface area contributed by atoms with Gasteiger partial charge in [0.25, 0.3) is 0 Å². The fourth-order valence-electron chi connectivity index (χ4n) is 1.47. The number of hydrogen-bond donors (Lipinski definition) is 2. The lowest BCUT2D eigenvalue weighted by molar-refractivity contribution is -0.150. The maximum Gasteiger partial charge on any atom is 0.333 e. The third-order valence-electron chi connectivity index (χ3n) is 2.42. The summed E-state index contributed by atoms with van der Waals surface area (Å²) in [6, 6.07) is 0. The average Bonchev–Trinajstić information content (AvgIpc) is 2.15. The zero-order valence-corrected chi connectivity index (χ0v) is 8.74. The number of rotatable bonds is 3. The molecule has 0 radical (unpaired) electrons. The Morgan fingerprint density at radius 2 is 1.81 bits per heavy atom. The summed E-state index contributed by atoms with van der Waals surface area (Å²) >= 11 is 0. The van der Waals surface area contributed by atoms with Gasteiger partial charge in [0.05, 0.1) is 12.4 Å². The fraction of sp³-hybridized carbons (Fsp3) is 0.400. The van der Waals surface area contributed by atoms with Crippen LogP contribution in [-0.2, 0) is 10.2 Å². The molecule has 1 aromatic heterocycles. The standard InChI is InChI=1S/C10H11F2NO3/c1-10(2,8(14)9(15)16)7-5(11)3-13-4-6(7)12/h3-4,8,14H,1-2H3,(H,15,16). The van der Waals surface area contributed by atoms with Gasteiger partial charge in [-0.1, -0.05) is 13.8 Å². The molecule has 0 saturated carbocycles. The van der Waals surface area contributed by atoms with Crippen molar-refractivity contribution in [2.45, 2.75) is 25.4 Å². The Bertz CT molecular complexity index is 400. The second-order valence-corrected chi connectivity index (χ2v) is 3.94. The second-order valence-electron chi connectivity index (χ2n) is 3.94. The van der Waals surface area contributed by atoms with Gasteiger partial charge in [-0.3, -0.25) is 4.98 Å². The van der Waals surface area contributed by atoms with Crippen molar-refractivity contribution in [1.29, 1.82) is 0 Å². The van der Waals surface area contributed by atoms with Crippen molar-refractivity contribution >= 4 is 5.97 Å². The molecule has 0 amide bonds. The van der Waals surface area contributed by atoms with Crippen LogP contribution in [0.4, 0.5) is 8.78 Å². The minimum absolute atomic E-state index is 0.489. The Morgan fingerprint density at radius 1 is 1.38 bits per heavy atom. The van der Waals surface area contributed by atoms with Crippen LogP contribution in [0.5, 0.6) is 0 Å².